The van der Waals surface area contributed by atoms with Crippen molar-refractivity contribution in [3.05, 3.63) is 0 Å². The second-order valence-electron chi connectivity index (χ2n) is 7.90. The average molecular weight is 361 g/mol. The Labute approximate surface area is 153 Å². The van der Waals surface area contributed by atoms with E-state index in [0.29, 0.717) is 12.8 Å². The smallest absolute Gasteiger partial charge is 0.245 e. The van der Waals surface area contributed by atoms with Crippen molar-refractivity contribution in [2.45, 2.75) is 127 Å². The lowest BCUT2D eigenvalue weighted by Crippen LogP contribution is -2.61. The van der Waals surface area contributed by atoms with Gasteiger partial charge in [-0.3, -0.25) is 0 Å². The van der Waals surface area contributed by atoms with E-state index in [-0.39, 0.29) is 12.8 Å². The zero-order chi connectivity index (χ0) is 18.6. The fraction of sp³-hybridized carbons (Fsp3) is 1.00. The van der Waals surface area contributed by atoms with Crippen LogP contribution in [0.15, 0.2) is 0 Å². The van der Waals surface area contributed by atoms with Gasteiger partial charge in [0, 0.05) is 6.42 Å². The van der Waals surface area contributed by atoms with Crippen LogP contribution in [0.4, 0.5) is 0 Å². The van der Waals surface area contributed by atoms with Gasteiger partial charge in [0.25, 0.3) is 0 Å². The highest BCUT2D eigenvalue weighted by atomic mass is 16.6. The Morgan fingerprint density at radius 1 is 0.480 bits per heavy atom. The van der Waals surface area contributed by atoms with Crippen molar-refractivity contribution in [1.82, 2.24) is 0 Å². The van der Waals surface area contributed by atoms with Crippen LogP contribution in [-0.2, 0) is 0 Å². The fourth-order valence-corrected chi connectivity index (χ4v) is 3.66. The van der Waals surface area contributed by atoms with Crippen LogP contribution in [-0.4, -0.2) is 43.2 Å². The lowest BCUT2D eigenvalue weighted by atomic mass is 9.91. The summed E-state index contributed by atoms with van der Waals surface area (Å²) in [6, 6.07) is 0. The summed E-state index contributed by atoms with van der Waals surface area (Å²) in [4.78, 5) is 0. The third-order valence-electron chi connectivity index (χ3n) is 5.56. The van der Waals surface area contributed by atoms with Crippen molar-refractivity contribution in [3.63, 3.8) is 0 Å². The summed E-state index contributed by atoms with van der Waals surface area (Å²) in [5.74, 6) is -5.55. The monoisotopic (exact) mass is 360 g/mol. The summed E-state index contributed by atoms with van der Waals surface area (Å²) < 4.78 is 0. The molecule has 5 heteroatoms. The van der Waals surface area contributed by atoms with Crippen LogP contribution in [0, 0.1) is 0 Å². The molecule has 1 unspecified atom stereocenters. The minimum absolute atomic E-state index is 0.142. The van der Waals surface area contributed by atoms with Crippen molar-refractivity contribution >= 4 is 0 Å². The van der Waals surface area contributed by atoms with Gasteiger partial charge in [0.2, 0.25) is 11.6 Å². The number of aliphatic hydroxyl groups is 5. The molecule has 0 amide bonds. The van der Waals surface area contributed by atoms with E-state index in [0.717, 1.165) is 32.1 Å². The van der Waals surface area contributed by atoms with E-state index < -0.39 is 17.7 Å². The van der Waals surface area contributed by atoms with Gasteiger partial charge < -0.3 is 25.5 Å². The molecule has 1 rings (SSSR count). The van der Waals surface area contributed by atoms with Gasteiger partial charge in [0.15, 0.2) is 0 Å². The third-order valence-corrected chi connectivity index (χ3v) is 5.56. The predicted molar refractivity (Wildman–Crippen MR) is 98.8 cm³/mol. The summed E-state index contributed by atoms with van der Waals surface area (Å²) in [6.45, 7) is 0. The summed E-state index contributed by atoms with van der Waals surface area (Å²) in [7, 11) is 0. The number of hydrogen-bond donors (Lipinski definition) is 5. The Morgan fingerprint density at radius 3 is 1.20 bits per heavy atom. The second-order valence-corrected chi connectivity index (χ2v) is 7.90. The molecule has 0 bridgehead atoms. The third kappa shape index (κ3) is 8.83. The molecule has 1 saturated carbocycles. The van der Waals surface area contributed by atoms with Gasteiger partial charge in [-0.15, -0.1) is 0 Å². The zero-order valence-electron chi connectivity index (χ0n) is 15.8. The maximum atomic E-state index is 10.0. The minimum Gasteiger partial charge on any atom is -0.387 e. The van der Waals surface area contributed by atoms with Gasteiger partial charge >= 0.3 is 0 Å². The molecule has 1 fully saturated rings. The first kappa shape index (κ1) is 22.8. The van der Waals surface area contributed by atoms with Crippen molar-refractivity contribution in [3.8, 4) is 0 Å². The molecule has 25 heavy (non-hydrogen) atoms. The molecule has 5 N–H and O–H groups in total. The molecule has 0 aromatic heterocycles. The molecule has 0 aliphatic heterocycles. The van der Waals surface area contributed by atoms with Crippen molar-refractivity contribution in [2.75, 3.05) is 0 Å². The van der Waals surface area contributed by atoms with Crippen LogP contribution < -0.4 is 0 Å². The zero-order valence-corrected chi connectivity index (χ0v) is 15.8. The maximum Gasteiger partial charge on any atom is 0.245 e. The normalized spacial score (nSPS) is 28.9. The van der Waals surface area contributed by atoms with Crippen LogP contribution in [0.3, 0.4) is 0 Å². The van der Waals surface area contributed by atoms with E-state index in [4.69, 9.17) is 0 Å². The Bertz CT molecular complexity index is 330. The van der Waals surface area contributed by atoms with Gasteiger partial charge in [-0.2, -0.15) is 0 Å². The second kappa shape index (κ2) is 12.2. The molecule has 1 aliphatic rings. The highest BCUT2D eigenvalue weighted by Gasteiger charge is 2.51. The highest BCUT2D eigenvalue weighted by molar-refractivity contribution is 4.88. The van der Waals surface area contributed by atoms with Gasteiger partial charge in [0.05, 0.1) is 0 Å². The average Bonchev–Trinajstić information content (AvgIpc) is 2.56. The summed E-state index contributed by atoms with van der Waals surface area (Å²) in [5.41, 5.74) is 0. The molecule has 150 valence electrons. The van der Waals surface area contributed by atoms with Crippen LogP contribution in [0.25, 0.3) is 0 Å². The van der Waals surface area contributed by atoms with Gasteiger partial charge in [-0.05, 0) is 12.8 Å². The topological polar surface area (TPSA) is 101 Å². The van der Waals surface area contributed by atoms with Crippen LogP contribution in [0.5, 0.6) is 0 Å². The van der Waals surface area contributed by atoms with E-state index in [2.05, 4.69) is 0 Å². The SMILES string of the molecule is OC1CCCCCCCCCCCCCCCCCC(O)(O)C1(O)O. The van der Waals surface area contributed by atoms with Crippen molar-refractivity contribution in [1.29, 1.82) is 0 Å². The number of hydrogen-bond acceptors (Lipinski definition) is 5. The van der Waals surface area contributed by atoms with Crippen molar-refractivity contribution in [2.24, 2.45) is 0 Å². The quantitative estimate of drug-likeness (QED) is 0.426. The van der Waals surface area contributed by atoms with Crippen LogP contribution in [0.2, 0.25) is 0 Å². The summed E-state index contributed by atoms with van der Waals surface area (Å²) in [6.07, 6.45) is 14.7. The molecule has 0 heterocycles. The largest absolute Gasteiger partial charge is 0.387 e. The molecule has 5 nitrogen and oxygen atoms in total. The van der Waals surface area contributed by atoms with Gasteiger partial charge in [-0.25, -0.2) is 0 Å². The number of aliphatic hydroxyl groups excluding tert-OH is 1. The lowest BCUT2D eigenvalue weighted by Gasteiger charge is -2.38. The highest BCUT2D eigenvalue weighted by Crippen LogP contribution is 2.29. The lowest BCUT2D eigenvalue weighted by molar-refractivity contribution is -0.386. The summed E-state index contributed by atoms with van der Waals surface area (Å²) >= 11 is 0. The molecule has 0 radical (unpaired) electrons. The van der Waals surface area contributed by atoms with Crippen LogP contribution >= 0.6 is 0 Å². The fourth-order valence-electron chi connectivity index (χ4n) is 3.66. The molecular weight excluding hydrogens is 320 g/mol. The van der Waals surface area contributed by atoms with E-state index in [1.165, 1.54) is 51.4 Å². The standard InChI is InChI=1S/C20H40O5/c21-18-16-14-12-10-8-6-4-2-1-3-5-7-9-11-13-15-17-19(22,23)20(18,24)25/h18,21-25H,1-17H2. The van der Waals surface area contributed by atoms with Gasteiger partial charge in [0.1, 0.15) is 6.10 Å². The van der Waals surface area contributed by atoms with E-state index >= 15 is 0 Å². The molecule has 0 aromatic rings. The first-order valence-corrected chi connectivity index (χ1v) is 10.5. The maximum absolute atomic E-state index is 10.0. The van der Waals surface area contributed by atoms with E-state index in [9.17, 15) is 25.5 Å². The van der Waals surface area contributed by atoms with Crippen molar-refractivity contribution < 1.29 is 25.5 Å². The molecule has 1 atom stereocenters. The Balaban J connectivity index is 2.47. The minimum atomic E-state index is -2.88. The summed E-state index contributed by atoms with van der Waals surface area (Å²) in [5, 5.41) is 50.1. The Morgan fingerprint density at radius 2 is 0.800 bits per heavy atom. The van der Waals surface area contributed by atoms with Gasteiger partial charge in [-0.1, -0.05) is 89.9 Å². The first-order valence-electron chi connectivity index (χ1n) is 10.5. The van der Waals surface area contributed by atoms with Crippen LogP contribution in [0.1, 0.15) is 109 Å². The molecule has 1 aliphatic carbocycles. The molecule has 0 aromatic carbocycles. The Hall–Kier alpha value is -0.200. The van der Waals surface area contributed by atoms with E-state index in [1.807, 2.05) is 0 Å². The Kier molecular flexibility index (Phi) is 11.2. The predicted octanol–water partition coefficient (Wildman–Crippen LogP) is 3.35. The molecule has 0 saturated heterocycles. The first-order chi connectivity index (χ1) is 11.9. The number of rotatable bonds is 0. The van der Waals surface area contributed by atoms with E-state index in [1.54, 1.807) is 0 Å². The molecule has 0 spiro atoms. The molecular formula is C20H40O5.